The van der Waals surface area contributed by atoms with Gasteiger partial charge in [-0.15, -0.1) is 0 Å². The van der Waals surface area contributed by atoms with E-state index in [-0.39, 0.29) is 5.56 Å². The minimum absolute atomic E-state index is 0.229. The molecular formula is C13H12F2N2O2. The largest absolute Gasteiger partial charge is 0.330 e. The van der Waals surface area contributed by atoms with Crippen LogP contribution in [0.2, 0.25) is 0 Å². The summed E-state index contributed by atoms with van der Waals surface area (Å²) in [6.45, 7) is -0.969. The second-order valence-corrected chi connectivity index (χ2v) is 4.20. The Balaban J connectivity index is 2.45. The average molecular weight is 266 g/mol. The third kappa shape index (κ3) is 2.62. The van der Waals surface area contributed by atoms with Gasteiger partial charge < -0.3 is 4.57 Å². The van der Waals surface area contributed by atoms with Gasteiger partial charge in [0.05, 0.1) is 6.54 Å². The number of nitrogens with zero attached hydrogens (tertiary/aromatic N) is 2. The summed E-state index contributed by atoms with van der Waals surface area (Å²) in [6, 6.07) is 8.19. The first-order chi connectivity index (χ1) is 8.92. The Morgan fingerprint density at radius 2 is 1.74 bits per heavy atom. The van der Waals surface area contributed by atoms with E-state index < -0.39 is 23.7 Å². The van der Waals surface area contributed by atoms with Crippen LogP contribution in [0.5, 0.6) is 0 Å². The summed E-state index contributed by atoms with van der Waals surface area (Å²) in [5.74, 6) is -3.28. The lowest BCUT2D eigenvalue weighted by Crippen LogP contribution is -2.41. The van der Waals surface area contributed by atoms with Crippen molar-refractivity contribution in [2.45, 2.75) is 12.5 Å². The monoisotopic (exact) mass is 266 g/mol. The summed E-state index contributed by atoms with van der Waals surface area (Å²) in [5, 5.41) is 0. The molecule has 100 valence electrons. The number of hydrogen-bond donors (Lipinski definition) is 0. The van der Waals surface area contributed by atoms with Crippen LogP contribution in [-0.4, -0.2) is 9.13 Å². The number of rotatable bonds is 3. The highest BCUT2D eigenvalue weighted by Gasteiger charge is 2.33. The highest BCUT2D eigenvalue weighted by Crippen LogP contribution is 2.28. The van der Waals surface area contributed by atoms with Gasteiger partial charge in [-0.3, -0.25) is 9.36 Å². The zero-order chi connectivity index (χ0) is 14.0. The van der Waals surface area contributed by atoms with Crippen molar-refractivity contribution in [3.8, 4) is 0 Å². The summed E-state index contributed by atoms with van der Waals surface area (Å²) in [6.07, 6.45) is 1.25. The van der Waals surface area contributed by atoms with Crippen molar-refractivity contribution < 1.29 is 8.78 Å². The zero-order valence-electron chi connectivity index (χ0n) is 10.2. The highest BCUT2D eigenvalue weighted by atomic mass is 19.3. The summed E-state index contributed by atoms with van der Waals surface area (Å²) < 4.78 is 29.7. The second-order valence-electron chi connectivity index (χ2n) is 4.20. The Morgan fingerprint density at radius 1 is 1.11 bits per heavy atom. The minimum Gasteiger partial charge on any atom is -0.303 e. The molecule has 0 aliphatic carbocycles. The summed E-state index contributed by atoms with van der Waals surface area (Å²) in [4.78, 5) is 23.2. The Morgan fingerprint density at radius 3 is 2.37 bits per heavy atom. The molecule has 2 aromatic rings. The fourth-order valence-corrected chi connectivity index (χ4v) is 1.73. The molecule has 0 fully saturated rings. The van der Waals surface area contributed by atoms with Crippen LogP contribution in [0, 0.1) is 0 Å². The molecule has 0 saturated heterocycles. The van der Waals surface area contributed by atoms with Crippen molar-refractivity contribution in [2.24, 2.45) is 7.05 Å². The molecule has 1 aromatic heterocycles. The van der Waals surface area contributed by atoms with Crippen molar-refractivity contribution in [3.05, 3.63) is 69.0 Å². The molecule has 2 rings (SSSR count). The van der Waals surface area contributed by atoms with E-state index in [0.29, 0.717) is 4.57 Å². The Bertz CT molecular complexity index is 690. The van der Waals surface area contributed by atoms with E-state index in [1.807, 2.05) is 0 Å². The lowest BCUT2D eigenvalue weighted by Gasteiger charge is -2.17. The van der Waals surface area contributed by atoms with E-state index in [2.05, 4.69) is 0 Å². The average Bonchev–Trinajstić information content (AvgIpc) is 2.40. The summed E-state index contributed by atoms with van der Waals surface area (Å²) in [5.41, 5.74) is -1.73. The van der Waals surface area contributed by atoms with Crippen LogP contribution in [0.4, 0.5) is 8.78 Å². The van der Waals surface area contributed by atoms with Gasteiger partial charge in [-0.05, 0) is 0 Å². The maximum atomic E-state index is 14.0. The molecule has 4 nitrogen and oxygen atoms in total. The van der Waals surface area contributed by atoms with E-state index in [1.54, 1.807) is 6.07 Å². The predicted molar refractivity (Wildman–Crippen MR) is 66.3 cm³/mol. The molecule has 0 amide bonds. The molecule has 1 aromatic carbocycles. The molecule has 0 aliphatic rings. The van der Waals surface area contributed by atoms with Gasteiger partial charge in [-0.1, -0.05) is 30.3 Å². The zero-order valence-corrected chi connectivity index (χ0v) is 10.2. The third-order valence-corrected chi connectivity index (χ3v) is 2.79. The van der Waals surface area contributed by atoms with Gasteiger partial charge in [0.25, 0.3) is 11.5 Å². The van der Waals surface area contributed by atoms with Crippen LogP contribution in [-0.2, 0) is 19.5 Å². The summed E-state index contributed by atoms with van der Waals surface area (Å²) in [7, 11) is 1.40. The van der Waals surface area contributed by atoms with Gasteiger partial charge in [0.15, 0.2) is 0 Å². The van der Waals surface area contributed by atoms with Crippen molar-refractivity contribution in [1.82, 2.24) is 9.13 Å². The first kappa shape index (κ1) is 13.2. The maximum absolute atomic E-state index is 14.0. The molecule has 1 heterocycles. The maximum Gasteiger partial charge on any atom is 0.330 e. The van der Waals surface area contributed by atoms with E-state index >= 15 is 0 Å². The molecule has 6 heteroatoms. The van der Waals surface area contributed by atoms with Gasteiger partial charge >= 0.3 is 5.69 Å². The van der Waals surface area contributed by atoms with Crippen molar-refractivity contribution >= 4 is 0 Å². The van der Waals surface area contributed by atoms with Crippen LogP contribution in [0.3, 0.4) is 0 Å². The van der Waals surface area contributed by atoms with Crippen LogP contribution < -0.4 is 11.2 Å². The van der Waals surface area contributed by atoms with Crippen molar-refractivity contribution in [2.75, 3.05) is 0 Å². The molecule has 0 aliphatic heterocycles. The quantitative estimate of drug-likeness (QED) is 0.841. The lowest BCUT2D eigenvalue weighted by molar-refractivity contribution is -0.0245. The van der Waals surface area contributed by atoms with Crippen LogP contribution in [0.15, 0.2) is 52.2 Å². The Kier molecular flexibility index (Phi) is 3.33. The molecule has 0 bridgehead atoms. The van der Waals surface area contributed by atoms with Crippen LogP contribution in [0.25, 0.3) is 0 Å². The smallest absolute Gasteiger partial charge is 0.303 e. The molecule has 19 heavy (non-hydrogen) atoms. The van der Waals surface area contributed by atoms with E-state index in [1.165, 1.54) is 37.5 Å². The highest BCUT2D eigenvalue weighted by molar-refractivity contribution is 5.19. The van der Waals surface area contributed by atoms with Gasteiger partial charge in [-0.25, -0.2) is 4.79 Å². The van der Waals surface area contributed by atoms with E-state index in [0.717, 1.165) is 10.6 Å². The molecular weight excluding hydrogens is 254 g/mol. The molecule has 0 radical (unpaired) electrons. The predicted octanol–water partition coefficient (Wildman–Crippen LogP) is 1.34. The van der Waals surface area contributed by atoms with Crippen molar-refractivity contribution in [3.63, 3.8) is 0 Å². The van der Waals surface area contributed by atoms with Gasteiger partial charge in [0, 0.05) is 24.9 Å². The van der Waals surface area contributed by atoms with E-state index in [9.17, 15) is 18.4 Å². The molecule has 0 saturated carbocycles. The second kappa shape index (κ2) is 4.79. The number of benzene rings is 1. The normalized spacial score (nSPS) is 11.5. The number of aromatic nitrogens is 2. The SMILES string of the molecule is Cn1ccc(=O)n(CC(F)(F)c2ccccc2)c1=O. The molecule has 0 atom stereocenters. The van der Waals surface area contributed by atoms with Crippen LogP contribution >= 0.6 is 0 Å². The number of aryl methyl sites for hydroxylation is 1. The molecule has 0 unspecified atom stereocenters. The summed E-state index contributed by atoms with van der Waals surface area (Å²) >= 11 is 0. The fourth-order valence-electron chi connectivity index (χ4n) is 1.73. The number of halogens is 2. The topological polar surface area (TPSA) is 44.0 Å². The first-order valence-corrected chi connectivity index (χ1v) is 5.61. The van der Waals surface area contributed by atoms with E-state index in [4.69, 9.17) is 0 Å². The molecule has 0 N–H and O–H groups in total. The van der Waals surface area contributed by atoms with Gasteiger partial charge in [0.2, 0.25) is 0 Å². The van der Waals surface area contributed by atoms with Gasteiger partial charge in [-0.2, -0.15) is 8.78 Å². The Hall–Kier alpha value is -2.24. The third-order valence-electron chi connectivity index (χ3n) is 2.79. The first-order valence-electron chi connectivity index (χ1n) is 5.61. The number of hydrogen-bond acceptors (Lipinski definition) is 2. The number of alkyl halides is 2. The van der Waals surface area contributed by atoms with Crippen LogP contribution in [0.1, 0.15) is 5.56 Å². The Labute approximate surface area is 107 Å². The molecule has 0 spiro atoms. The van der Waals surface area contributed by atoms with Gasteiger partial charge in [0.1, 0.15) is 0 Å². The standard InChI is InChI=1S/C13H12F2N2O2/c1-16-8-7-11(18)17(12(16)19)9-13(14,15)10-5-3-2-4-6-10/h2-8H,9H2,1H3. The van der Waals surface area contributed by atoms with Crippen molar-refractivity contribution in [1.29, 1.82) is 0 Å². The lowest BCUT2D eigenvalue weighted by atomic mass is 10.1. The fraction of sp³-hybridized carbons (Fsp3) is 0.231. The minimum atomic E-state index is -3.28.